The van der Waals surface area contributed by atoms with E-state index < -0.39 is 5.92 Å². The van der Waals surface area contributed by atoms with Crippen LogP contribution in [0.25, 0.3) is 11.0 Å². The van der Waals surface area contributed by atoms with Crippen molar-refractivity contribution in [2.24, 2.45) is 5.92 Å². The van der Waals surface area contributed by atoms with E-state index in [9.17, 15) is 4.79 Å². The Labute approximate surface area is 114 Å². The largest absolute Gasteiger partial charge is 0.333 e. The molecule has 0 bridgehead atoms. The smallest absolute Gasteiger partial charge is 0.166 e. The van der Waals surface area contributed by atoms with Crippen molar-refractivity contribution >= 4 is 34.3 Å². The van der Waals surface area contributed by atoms with Gasteiger partial charge in [0.2, 0.25) is 0 Å². The molecule has 0 aliphatic rings. The van der Waals surface area contributed by atoms with Crippen molar-refractivity contribution in [3.8, 4) is 6.07 Å². The zero-order valence-corrected chi connectivity index (χ0v) is 11.1. The van der Waals surface area contributed by atoms with Crippen molar-refractivity contribution < 1.29 is 4.79 Å². The maximum absolute atomic E-state index is 11.8. The summed E-state index contributed by atoms with van der Waals surface area (Å²) in [6, 6.07) is 9.45. The molecule has 0 saturated heterocycles. The van der Waals surface area contributed by atoms with Gasteiger partial charge in [-0.3, -0.25) is 4.79 Å². The summed E-state index contributed by atoms with van der Waals surface area (Å²) in [5, 5.41) is 16.9. The van der Waals surface area contributed by atoms with Gasteiger partial charge in [0.1, 0.15) is 5.92 Å². The van der Waals surface area contributed by atoms with Gasteiger partial charge in [0.15, 0.2) is 10.9 Å². The normalized spacial score (nSPS) is 12.0. The Kier molecular flexibility index (Phi) is 3.97. The molecule has 1 atom stereocenters. The number of thioether (sulfide) groups is 1. The molecule has 6 heteroatoms. The Morgan fingerprint density at radius 3 is 2.95 bits per heavy atom. The maximum atomic E-state index is 11.8. The Balaban J connectivity index is 2.04. The van der Waals surface area contributed by atoms with Crippen molar-refractivity contribution in [2.45, 2.75) is 12.1 Å². The van der Waals surface area contributed by atoms with Crippen LogP contribution in [0, 0.1) is 22.7 Å². The number of nitrogens with one attached hydrogen (secondary N) is 2. The fourth-order valence-electron chi connectivity index (χ4n) is 1.63. The Morgan fingerprint density at radius 2 is 2.32 bits per heavy atom. The Hall–Kier alpha value is -2.13. The van der Waals surface area contributed by atoms with Crippen LogP contribution in [-0.4, -0.2) is 27.2 Å². The number of rotatable bonds is 5. The molecule has 0 saturated carbocycles. The first kappa shape index (κ1) is 13.3. The molecule has 1 heterocycles. The summed E-state index contributed by atoms with van der Waals surface area (Å²) in [5.74, 6) is -1.08. The molecular formula is C13H12N4OS. The zero-order valence-electron chi connectivity index (χ0n) is 10.3. The lowest BCUT2D eigenvalue weighted by atomic mass is 10.0. The third-order valence-electron chi connectivity index (χ3n) is 2.60. The van der Waals surface area contributed by atoms with E-state index in [-0.39, 0.29) is 17.2 Å². The van der Waals surface area contributed by atoms with Crippen LogP contribution in [0.1, 0.15) is 6.92 Å². The second-order valence-corrected chi connectivity index (χ2v) is 5.02. The van der Waals surface area contributed by atoms with Gasteiger partial charge in [-0.15, -0.1) is 0 Å². The SMILES string of the molecule is CC(=N)C(C#N)C(=O)CSc1nc2ccccc2[nH]1. The van der Waals surface area contributed by atoms with Crippen molar-refractivity contribution in [1.82, 2.24) is 9.97 Å². The summed E-state index contributed by atoms with van der Waals surface area (Å²) in [5.41, 5.74) is 1.84. The number of carbonyl (C=O) groups excluding carboxylic acids is 1. The predicted octanol–water partition coefficient (Wildman–Crippen LogP) is 2.40. The number of aromatic amines is 1. The number of nitrogens with zero attached hydrogens (tertiary/aromatic N) is 2. The third kappa shape index (κ3) is 3.01. The molecule has 2 rings (SSSR count). The number of hydrogen-bond acceptors (Lipinski definition) is 5. The summed E-state index contributed by atoms with van der Waals surface area (Å²) in [6.07, 6.45) is 0. The van der Waals surface area contributed by atoms with E-state index in [1.807, 2.05) is 30.3 Å². The summed E-state index contributed by atoms with van der Waals surface area (Å²) >= 11 is 1.25. The molecular weight excluding hydrogens is 260 g/mol. The van der Waals surface area contributed by atoms with Crippen LogP contribution in [0.3, 0.4) is 0 Å². The maximum Gasteiger partial charge on any atom is 0.166 e. The minimum absolute atomic E-state index is 0.0812. The van der Waals surface area contributed by atoms with Crippen molar-refractivity contribution in [3.63, 3.8) is 0 Å². The van der Waals surface area contributed by atoms with Crippen LogP contribution in [0.2, 0.25) is 0 Å². The van der Waals surface area contributed by atoms with Gasteiger partial charge >= 0.3 is 0 Å². The summed E-state index contributed by atoms with van der Waals surface area (Å²) in [7, 11) is 0. The summed E-state index contributed by atoms with van der Waals surface area (Å²) in [6.45, 7) is 1.47. The van der Waals surface area contributed by atoms with E-state index in [0.29, 0.717) is 5.16 Å². The van der Waals surface area contributed by atoms with Crippen molar-refractivity contribution in [3.05, 3.63) is 24.3 Å². The highest BCUT2D eigenvalue weighted by molar-refractivity contribution is 7.99. The number of benzene rings is 1. The van der Waals surface area contributed by atoms with Crippen molar-refractivity contribution in [2.75, 3.05) is 5.75 Å². The van der Waals surface area contributed by atoms with E-state index in [2.05, 4.69) is 9.97 Å². The average molecular weight is 272 g/mol. The first-order valence-corrected chi connectivity index (χ1v) is 6.65. The van der Waals surface area contributed by atoms with Crippen LogP contribution in [0.5, 0.6) is 0 Å². The summed E-state index contributed by atoms with van der Waals surface area (Å²) in [4.78, 5) is 19.2. The van der Waals surface area contributed by atoms with Gasteiger partial charge in [-0.25, -0.2) is 4.98 Å². The topological polar surface area (TPSA) is 93.4 Å². The monoisotopic (exact) mass is 272 g/mol. The average Bonchev–Trinajstić information content (AvgIpc) is 2.79. The molecule has 19 heavy (non-hydrogen) atoms. The zero-order chi connectivity index (χ0) is 13.8. The van der Waals surface area contributed by atoms with Gasteiger partial charge in [-0.05, 0) is 19.1 Å². The molecule has 1 aromatic carbocycles. The van der Waals surface area contributed by atoms with Gasteiger partial charge in [0.05, 0.1) is 22.9 Å². The first-order chi connectivity index (χ1) is 9.11. The van der Waals surface area contributed by atoms with Gasteiger partial charge in [-0.1, -0.05) is 23.9 Å². The number of carbonyl (C=O) groups is 1. The lowest BCUT2D eigenvalue weighted by Gasteiger charge is -2.04. The molecule has 2 aromatic rings. The van der Waals surface area contributed by atoms with E-state index in [1.165, 1.54) is 18.7 Å². The lowest BCUT2D eigenvalue weighted by molar-refractivity contribution is -0.117. The van der Waals surface area contributed by atoms with Crippen molar-refractivity contribution in [1.29, 1.82) is 10.7 Å². The van der Waals surface area contributed by atoms with E-state index in [1.54, 1.807) is 0 Å². The number of para-hydroxylation sites is 2. The minimum Gasteiger partial charge on any atom is -0.333 e. The second kappa shape index (κ2) is 5.67. The van der Waals surface area contributed by atoms with Gasteiger partial charge in [0, 0.05) is 5.71 Å². The number of ketones is 1. The number of fused-ring (bicyclic) bond motifs is 1. The standard InChI is InChI=1S/C13H12N4OS/c1-8(15)9(6-14)12(18)7-19-13-16-10-4-2-3-5-11(10)17-13/h2-5,9,15H,7H2,1H3,(H,16,17). The first-order valence-electron chi connectivity index (χ1n) is 5.66. The van der Waals surface area contributed by atoms with Crippen LogP contribution in [-0.2, 0) is 4.79 Å². The number of aromatic nitrogens is 2. The second-order valence-electron chi connectivity index (χ2n) is 4.06. The molecule has 0 radical (unpaired) electrons. The van der Waals surface area contributed by atoms with Crippen LogP contribution in [0.4, 0.5) is 0 Å². The fourth-order valence-corrected chi connectivity index (χ4v) is 2.42. The fraction of sp³-hybridized carbons (Fsp3) is 0.231. The van der Waals surface area contributed by atoms with Crippen LogP contribution in [0.15, 0.2) is 29.4 Å². The number of nitriles is 1. The van der Waals surface area contributed by atoms with E-state index in [4.69, 9.17) is 10.7 Å². The molecule has 5 nitrogen and oxygen atoms in total. The van der Waals surface area contributed by atoms with Gasteiger partial charge < -0.3 is 10.4 Å². The number of Topliss-reactive ketones (excluding diaryl/α,β-unsaturated/α-hetero) is 1. The van der Waals surface area contributed by atoms with Gasteiger partial charge in [-0.2, -0.15) is 5.26 Å². The minimum atomic E-state index is -0.947. The molecule has 0 aliphatic heterocycles. The Morgan fingerprint density at radius 1 is 1.58 bits per heavy atom. The molecule has 1 aromatic heterocycles. The molecule has 96 valence electrons. The molecule has 0 aliphatic carbocycles. The van der Waals surface area contributed by atoms with E-state index in [0.717, 1.165) is 11.0 Å². The lowest BCUT2D eigenvalue weighted by Crippen LogP contribution is -2.21. The van der Waals surface area contributed by atoms with Crippen LogP contribution < -0.4 is 0 Å². The van der Waals surface area contributed by atoms with Crippen LogP contribution >= 0.6 is 11.8 Å². The number of imidazole rings is 1. The molecule has 0 amide bonds. The third-order valence-corrected chi connectivity index (χ3v) is 3.50. The molecule has 2 N–H and O–H groups in total. The highest BCUT2D eigenvalue weighted by Crippen LogP contribution is 2.20. The number of H-pyrrole nitrogens is 1. The highest BCUT2D eigenvalue weighted by Gasteiger charge is 2.20. The predicted molar refractivity (Wildman–Crippen MR) is 74.3 cm³/mol. The Bertz CT molecular complexity index is 638. The summed E-state index contributed by atoms with van der Waals surface area (Å²) < 4.78 is 0. The van der Waals surface area contributed by atoms with Gasteiger partial charge in [0.25, 0.3) is 0 Å². The molecule has 0 fully saturated rings. The number of hydrogen-bond donors (Lipinski definition) is 2. The highest BCUT2D eigenvalue weighted by atomic mass is 32.2. The quantitative estimate of drug-likeness (QED) is 0.645. The molecule has 1 unspecified atom stereocenters. The molecule has 0 spiro atoms. The van der Waals surface area contributed by atoms with E-state index >= 15 is 0 Å².